The predicted molar refractivity (Wildman–Crippen MR) is 111 cm³/mol. The standard InChI is InChI=1S/C21H13ClN4OS/c22-14-5-2-7-16(11-14)28-18-9-3-8-17-19(18)20(21(27)24-17)26-25-15-6-1-4-13(10-15)12-23/h1-11,24,27H. The molecule has 7 heteroatoms. The molecule has 4 rings (SSSR count). The zero-order valence-corrected chi connectivity index (χ0v) is 16.0. The number of aromatic amines is 1. The van der Waals surface area contributed by atoms with E-state index in [2.05, 4.69) is 21.3 Å². The molecule has 28 heavy (non-hydrogen) atoms. The lowest BCUT2D eigenvalue weighted by atomic mass is 10.2. The monoisotopic (exact) mass is 404 g/mol. The van der Waals surface area contributed by atoms with Crippen molar-refractivity contribution in [2.45, 2.75) is 9.79 Å². The number of nitrogens with zero attached hydrogens (tertiary/aromatic N) is 3. The fourth-order valence-corrected chi connectivity index (χ4v) is 4.07. The maximum absolute atomic E-state index is 10.4. The molecule has 136 valence electrons. The van der Waals surface area contributed by atoms with E-state index in [4.69, 9.17) is 16.9 Å². The average molecular weight is 405 g/mol. The van der Waals surface area contributed by atoms with Gasteiger partial charge >= 0.3 is 0 Å². The minimum atomic E-state index is -0.0608. The summed E-state index contributed by atoms with van der Waals surface area (Å²) in [5.74, 6) is -0.0608. The van der Waals surface area contributed by atoms with Crippen LogP contribution in [0.4, 0.5) is 11.4 Å². The van der Waals surface area contributed by atoms with Gasteiger partial charge in [0.25, 0.3) is 0 Å². The van der Waals surface area contributed by atoms with Gasteiger partial charge in [-0.15, -0.1) is 5.11 Å². The molecule has 0 saturated carbocycles. The van der Waals surface area contributed by atoms with Crippen LogP contribution in [0.2, 0.25) is 5.02 Å². The zero-order valence-electron chi connectivity index (χ0n) is 14.4. The zero-order chi connectivity index (χ0) is 19.5. The molecule has 0 bridgehead atoms. The van der Waals surface area contributed by atoms with E-state index < -0.39 is 0 Å². The Kier molecular flexibility index (Phi) is 5.02. The number of halogens is 1. The maximum atomic E-state index is 10.4. The molecular formula is C21H13ClN4OS. The lowest BCUT2D eigenvalue weighted by Crippen LogP contribution is -1.76. The molecule has 0 aliphatic rings. The highest BCUT2D eigenvalue weighted by molar-refractivity contribution is 7.99. The number of hydrogen-bond donors (Lipinski definition) is 2. The number of aromatic hydroxyl groups is 1. The third-order valence-electron chi connectivity index (χ3n) is 4.01. The summed E-state index contributed by atoms with van der Waals surface area (Å²) in [6.45, 7) is 0. The Bertz CT molecular complexity index is 1240. The molecule has 1 heterocycles. The number of aromatic nitrogens is 1. The van der Waals surface area contributed by atoms with E-state index in [0.717, 1.165) is 20.7 Å². The Morgan fingerprint density at radius 2 is 1.82 bits per heavy atom. The summed E-state index contributed by atoms with van der Waals surface area (Å²) >= 11 is 7.62. The fourth-order valence-electron chi connectivity index (χ4n) is 2.77. The third-order valence-corrected chi connectivity index (χ3v) is 5.29. The van der Waals surface area contributed by atoms with Crippen LogP contribution in [0.5, 0.6) is 5.88 Å². The molecule has 0 radical (unpaired) electrons. The van der Waals surface area contributed by atoms with Crippen molar-refractivity contribution < 1.29 is 5.11 Å². The Morgan fingerprint density at radius 3 is 2.64 bits per heavy atom. The summed E-state index contributed by atoms with van der Waals surface area (Å²) < 4.78 is 0. The number of benzene rings is 3. The Hall–Kier alpha value is -3.27. The number of nitrogens with one attached hydrogen (secondary N) is 1. The van der Waals surface area contributed by atoms with Gasteiger partial charge in [-0.3, -0.25) is 0 Å². The first-order valence-corrected chi connectivity index (χ1v) is 9.52. The van der Waals surface area contributed by atoms with Crippen molar-refractivity contribution in [3.63, 3.8) is 0 Å². The van der Waals surface area contributed by atoms with Gasteiger partial charge in [-0.25, -0.2) is 0 Å². The highest BCUT2D eigenvalue weighted by Crippen LogP contribution is 2.43. The molecule has 0 unspecified atom stereocenters. The van der Waals surface area contributed by atoms with Crippen LogP contribution in [0, 0.1) is 11.3 Å². The van der Waals surface area contributed by atoms with Crippen LogP contribution in [0.15, 0.2) is 86.7 Å². The van der Waals surface area contributed by atoms with Gasteiger partial charge in [0.05, 0.1) is 22.8 Å². The summed E-state index contributed by atoms with van der Waals surface area (Å²) in [5.41, 5.74) is 2.14. The molecule has 5 nitrogen and oxygen atoms in total. The second-order valence-corrected chi connectivity index (χ2v) is 7.47. The van der Waals surface area contributed by atoms with Crippen LogP contribution < -0.4 is 0 Å². The van der Waals surface area contributed by atoms with Crippen LogP contribution in [-0.4, -0.2) is 10.1 Å². The summed E-state index contributed by atoms with van der Waals surface area (Å²) in [7, 11) is 0. The molecule has 0 spiro atoms. The summed E-state index contributed by atoms with van der Waals surface area (Å²) in [4.78, 5) is 4.82. The van der Waals surface area contributed by atoms with Gasteiger partial charge in [-0.2, -0.15) is 10.4 Å². The molecule has 0 aliphatic heterocycles. The molecule has 3 aromatic carbocycles. The van der Waals surface area contributed by atoms with Crippen molar-refractivity contribution in [2.75, 3.05) is 0 Å². The number of rotatable bonds is 4. The van der Waals surface area contributed by atoms with E-state index in [1.807, 2.05) is 42.5 Å². The molecule has 2 N–H and O–H groups in total. The fraction of sp³-hybridized carbons (Fsp3) is 0. The van der Waals surface area contributed by atoms with Crippen LogP contribution in [0.3, 0.4) is 0 Å². The summed E-state index contributed by atoms with van der Waals surface area (Å²) in [5, 5.41) is 29.2. The molecule has 0 aliphatic carbocycles. The summed E-state index contributed by atoms with van der Waals surface area (Å²) in [6, 6.07) is 22.2. The number of H-pyrrole nitrogens is 1. The first-order chi connectivity index (χ1) is 13.6. The van der Waals surface area contributed by atoms with E-state index >= 15 is 0 Å². The van der Waals surface area contributed by atoms with Crippen molar-refractivity contribution in [1.29, 1.82) is 5.26 Å². The van der Waals surface area contributed by atoms with E-state index in [9.17, 15) is 5.11 Å². The normalized spacial score (nSPS) is 11.1. The van der Waals surface area contributed by atoms with Gasteiger partial charge in [0.15, 0.2) is 5.69 Å². The number of fused-ring (bicyclic) bond motifs is 1. The van der Waals surface area contributed by atoms with Crippen LogP contribution in [0.1, 0.15) is 5.56 Å². The SMILES string of the molecule is N#Cc1cccc(N=Nc2c(O)[nH]c3cccc(Sc4cccc(Cl)c4)c23)c1. The van der Waals surface area contributed by atoms with E-state index in [1.165, 1.54) is 11.8 Å². The van der Waals surface area contributed by atoms with Crippen molar-refractivity contribution in [3.05, 3.63) is 77.3 Å². The minimum absolute atomic E-state index is 0.0608. The largest absolute Gasteiger partial charge is 0.493 e. The van der Waals surface area contributed by atoms with E-state index in [1.54, 1.807) is 24.3 Å². The number of nitriles is 1. The van der Waals surface area contributed by atoms with Crippen molar-refractivity contribution in [2.24, 2.45) is 10.2 Å². The topological polar surface area (TPSA) is 84.5 Å². The average Bonchev–Trinajstić information content (AvgIpc) is 3.02. The predicted octanol–water partition coefficient (Wildman–Crippen LogP) is 6.97. The van der Waals surface area contributed by atoms with Gasteiger partial charge in [-0.05, 0) is 48.5 Å². The molecule has 0 amide bonds. The van der Waals surface area contributed by atoms with Gasteiger partial charge in [0, 0.05) is 20.2 Å². The maximum Gasteiger partial charge on any atom is 0.218 e. The van der Waals surface area contributed by atoms with Gasteiger partial charge in [0.1, 0.15) is 0 Å². The first kappa shape index (κ1) is 18.1. The molecule has 1 aromatic heterocycles. The quantitative estimate of drug-likeness (QED) is 0.360. The minimum Gasteiger partial charge on any atom is -0.493 e. The molecule has 0 atom stereocenters. The molecule has 0 saturated heterocycles. The second-order valence-electron chi connectivity index (χ2n) is 5.92. The van der Waals surface area contributed by atoms with Crippen LogP contribution in [-0.2, 0) is 0 Å². The van der Waals surface area contributed by atoms with E-state index in [-0.39, 0.29) is 5.88 Å². The lowest BCUT2D eigenvalue weighted by molar-refractivity contribution is 0.459. The summed E-state index contributed by atoms with van der Waals surface area (Å²) in [6.07, 6.45) is 0. The second kappa shape index (κ2) is 7.77. The highest BCUT2D eigenvalue weighted by atomic mass is 35.5. The Morgan fingerprint density at radius 1 is 1.00 bits per heavy atom. The lowest BCUT2D eigenvalue weighted by Gasteiger charge is -2.04. The highest BCUT2D eigenvalue weighted by Gasteiger charge is 2.15. The van der Waals surface area contributed by atoms with Gasteiger partial charge in [-0.1, -0.05) is 41.6 Å². The number of azo groups is 1. The van der Waals surface area contributed by atoms with Crippen molar-refractivity contribution in [3.8, 4) is 11.9 Å². The molecule has 4 aromatic rings. The van der Waals surface area contributed by atoms with Crippen molar-refractivity contribution >= 4 is 45.6 Å². The Balaban J connectivity index is 1.77. The molecular weight excluding hydrogens is 392 g/mol. The number of hydrogen-bond acceptors (Lipinski definition) is 5. The first-order valence-electron chi connectivity index (χ1n) is 8.33. The molecule has 0 fully saturated rings. The Labute approximate surface area is 170 Å². The van der Waals surface area contributed by atoms with Gasteiger partial charge in [0.2, 0.25) is 5.88 Å². The van der Waals surface area contributed by atoms with Crippen LogP contribution in [0.25, 0.3) is 10.9 Å². The van der Waals surface area contributed by atoms with Crippen molar-refractivity contribution in [1.82, 2.24) is 4.98 Å². The van der Waals surface area contributed by atoms with E-state index in [0.29, 0.717) is 22.0 Å². The van der Waals surface area contributed by atoms with Gasteiger partial charge < -0.3 is 10.1 Å². The van der Waals surface area contributed by atoms with Crippen LogP contribution >= 0.6 is 23.4 Å². The smallest absolute Gasteiger partial charge is 0.218 e. The third kappa shape index (κ3) is 3.72.